The van der Waals surface area contributed by atoms with Gasteiger partial charge in [0.25, 0.3) is 5.91 Å². The van der Waals surface area contributed by atoms with Gasteiger partial charge in [-0.2, -0.15) is 0 Å². The van der Waals surface area contributed by atoms with Gasteiger partial charge >= 0.3 is 0 Å². The second-order valence-corrected chi connectivity index (χ2v) is 6.42. The van der Waals surface area contributed by atoms with E-state index in [0.29, 0.717) is 6.54 Å². The molecule has 0 heterocycles. The van der Waals surface area contributed by atoms with Gasteiger partial charge < -0.3 is 5.32 Å². The van der Waals surface area contributed by atoms with Gasteiger partial charge in [0, 0.05) is 18.4 Å². The highest BCUT2D eigenvalue weighted by atomic mass is 35.5. The lowest BCUT2D eigenvalue weighted by molar-refractivity contribution is 0.0954. The Labute approximate surface area is 118 Å². The lowest BCUT2D eigenvalue weighted by Gasteiger charge is -2.07. The number of sulfone groups is 1. The van der Waals surface area contributed by atoms with Crippen molar-refractivity contribution in [2.75, 3.05) is 12.8 Å². The van der Waals surface area contributed by atoms with Crippen molar-refractivity contribution in [3.8, 4) is 0 Å². The van der Waals surface area contributed by atoms with Crippen molar-refractivity contribution >= 4 is 27.3 Å². The summed E-state index contributed by atoms with van der Waals surface area (Å²) in [6.45, 7) is 2.40. The summed E-state index contributed by atoms with van der Waals surface area (Å²) in [5.74, 6) is -0.314. The topological polar surface area (TPSA) is 63.2 Å². The highest BCUT2D eigenvalue weighted by Gasteiger charge is 2.15. The SMILES string of the molecule is C/C=C/CCNC(=O)c1ccc(Cl)c(S(C)(=O)=O)c1. The Hall–Kier alpha value is -1.33. The van der Waals surface area contributed by atoms with E-state index in [-0.39, 0.29) is 21.4 Å². The average molecular weight is 302 g/mol. The molecule has 6 heteroatoms. The van der Waals surface area contributed by atoms with E-state index in [1.807, 2.05) is 19.1 Å². The van der Waals surface area contributed by atoms with Gasteiger partial charge in [-0.3, -0.25) is 4.79 Å². The normalized spacial score (nSPS) is 11.7. The molecular weight excluding hydrogens is 286 g/mol. The molecule has 1 amide bonds. The average Bonchev–Trinajstić information content (AvgIpc) is 2.33. The Balaban J connectivity index is 2.88. The monoisotopic (exact) mass is 301 g/mol. The first-order valence-electron chi connectivity index (χ1n) is 5.75. The van der Waals surface area contributed by atoms with Crippen molar-refractivity contribution in [3.05, 3.63) is 40.9 Å². The van der Waals surface area contributed by atoms with Crippen molar-refractivity contribution in [1.29, 1.82) is 0 Å². The second-order valence-electron chi connectivity index (χ2n) is 4.03. The van der Waals surface area contributed by atoms with Crippen LogP contribution >= 0.6 is 11.6 Å². The van der Waals surface area contributed by atoms with E-state index in [9.17, 15) is 13.2 Å². The van der Waals surface area contributed by atoms with E-state index in [1.165, 1.54) is 18.2 Å². The van der Waals surface area contributed by atoms with Crippen LogP contribution in [0.5, 0.6) is 0 Å². The zero-order valence-electron chi connectivity index (χ0n) is 10.8. The quantitative estimate of drug-likeness (QED) is 0.671. The van der Waals surface area contributed by atoms with E-state index in [0.717, 1.165) is 12.7 Å². The molecule has 0 spiro atoms. The van der Waals surface area contributed by atoms with Crippen molar-refractivity contribution < 1.29 is 13.2 Å². The van der Waals surface area contributed by atoms with Crippen LogP contribution in [-0.4, -0.2) is 27.1 Å². The van der Waals surface area contributed by atoms with Crippen LogP contribution in [0.15, 0.2) is 35.2 Å². The molecule has 1 aromatic carbocycles. The third-order valence-electron chi connectivity index (χ3n) is 2.43. The maximum Gasteiger partial charge on any atom is 0.251 e. The molecule has 0 aliphatic rings. The fourth-order valence-corrected chi connectivity index (χ4v) is 2.77. The number of benzene rings is 1. The number of nitrogens with one attached hydrogen (secondary N) is 1. The number of halogens is 1. The number of amides is 1. The Morgan fingerprint density at radius 1 is 1.42 bits per heavy atom. The van der Waals surface area contributed by atoms with Crippen LogP contribution in [0.4, 0.5) is 0 Å². The summed E-state index contributed by atoms with van der Waals surface area (Å²) in [7, 11) is -3.44. The molecule has 0 aliphatic heterocycles. The van der Waals surface area contributed by atoms with Crippen LogP contribution < -0.4 is 5.32 Å². The highest BCUT2D eigenvalue weighted by molar-refractivity contribution is 7.90. The highest BCUT2D eigenvalue weighted by Crippen LogP contribution is 2.22. The predicted molar refractivity (Wildman–Crippen MR) is 76.3 cm³/mol. The van der Waals surface area contributed by atoms with Gasteiger partial charge in [-0.05, 0) is 31.5 Å². The standard InChI is InChI=1S/C13H16ClNO3S/c1-3-4-5-8-15-13(16)10-6-7-11(14)12(9-10)19(2,17)18/h3-4,6-7,9H,5,8H2,1-2H3,(H,15,16)/b4-3+. The molecule has 104 valence electrons. The maximum atomic E-state index is 11.8. The molecule has 0 saturated heterocycles. The Bertz CT molecular complexity index is 594. The van der Waals surface area contributed by atoms with E-state index >= 15 is 0 Å². The first-order valence-corrected chi connectivity index (χ1v) is 8.02. The number of carbonyl (C=O) groups excluding carboxylic acids is 1. The Morgan fingerprint density at radius 3 is 2.68 bits per heavy atom. The van der Waals surface area contributed by atoms with E-state index < -0.39 is 9.84 Å². The zero-order chi connectivity index (χ0) is 14.5. The lowest BCUT2D eigenvalue weighted by atomic mass is 10.2. The van der Waals surface area contributed by atoms with E-state index in [1.54, 1.807) is 0 Å². The summed E-state index contributed by atoms with van der Waals surface area (Å²) in [5.41, 5.74) is 0.283. The Kier molecular flexibility index (Phi) is 5.57. The molecule has 0 bridgehead atoms. The van der Waals surface area contributed by atoms with Crippen LogP contribution in [0, 0.1) is 0 Å². The molecule has 19 heavy (non-hydrogen) atoms. The van der Waals surface area contributed by atoms with Crippen LogP contribution in [-0.2, 0) is 9.84 Å². The van der Waals surface area contributed by atoms with Gasteiger partial charge in [0.15, 0.2) is 9.84 Å². The number of carbonyl (C=O) groups is 1. The molecule has 0 aliphatic carbocycles. The summed E-state index contributed by atoms with van der Waals surface area (Å²) in [4.78, 5) is 11.8. The minimum Gasteiger partial charge on any atom is -0.352 e. The Morgan fingerprint density at radius 2 is 2.11 bits per heavy atom. The number of hydrogen-bond acceptors (Lipinski definition) is 3. The summed E-state index contributed by atoms with van der Waals surface area (Å²) >= 11 is 5.81. The van der Waals surface area contributed by atoms with Gasteiger partial charge in [0.2, 0.25) is 0 Å². The lowest BCUT2D eigenvalue weighted by Crippen LogP contribution is -2.24. The fourth-order valence-electron chi connectivity index (χ4n) is 1.47. The molecule has 1 aromatic rings. The summed E-state index contributed by atoms with van der Waals surface area (Å²) in [6, 6.07) is 4.21. The largest absolute Gasteiger partial charge is 0.352 e. The molecule has 0 fully saturated rings. The smallest absolute Gasteiger partial charge is 0.251 e. The van der Waals surface area contributed by atoms with Crippen LogP contribution in [0.25, 0.3) is 0 Å². The molecular formula is C13H16ClNO3S. The molecule has 0 aromatic heterocycles. The number of rotatable bonds is 5. The molecule has 0 radical (unpaired) electrons. The molecule has 0 saturated carbocycles. The van der Waals surface area contributed by atoms with E-state index in [4.69, 9.17) is 11.6 Å². The van der Waals surface area contributed by atoms with Gasteiger partial charge in [-0.15, -0.1) is 0 Å². The van der Waals surface area contributed by atoms with Crippen molar-refractivity contribution in [2.24, 2.45) is 0 Å². The first kappa shape index (κ1) is 15.7. The number of hydrogen-bond donors (Lipinski definition) is 1. The van der Waals surface area contributed by atoms with Gasteiger partial charge in [0.05, 0.1) is 9.92 Å². The molecule has 1 N–H and O–H groups in total. The van der Waals surface area contributed by atoms with Crippen LogP contribution in [0.2, 0.25) is 5.02 Å². The van der Waals surface area contributed by atoms with Crippen molar-refractivity contribution in [2.45, 2.75) is 18.2 Å². The van der Waals surface area contributed by atoms with Crippen LogP contribution in [0.1, 0.15) is 23.7 Å². The summed E-state index contributed by atoms with van der Waals surface area (Å²) < 4.78 is 23.0. The van der Waals surface area contributed by atoms with Gasteiger partial charge in [0.1, 0.15) is 0 Å². The summed E-state index contributed by atoms with van der Waals surface area (Å²) in [5, 5.41) is 2.82. The van der Waals surface area contributed by atoms with Gasteiger partial charge in [-0.1, -0.05) is 23.8 Å². The van der Waals surface area contributed by atoms with Crippen molar-refractivity contribution in [1.82, 2.24) is 5.32 Å². The second kappa shape index (κ2) is 6.73. The predicted octanol–water partition coefficient (Wildman–Crippen LogP) is 2.44. The summed E-state index contributed by atoms with van der Waals surface area (Å²) in [6.07, 6.45) is 5.62. The zero-order valence-corrected chi connectivity index (χ0v) is 12.4. The van der Waals surface area contributed by atoms with E-state index in [2.05, 4.69) is 5.32 Å². The third-order valence-corrected chi connectivity index (χ3v) is 4.00. The minimum absolute atomic E-state index is 0.0322. The molecule has 4 nitrogen and oxygen atoms in total. The van der Waals surface area contributed by atoms with Crippen molar-refractivity contribution in [3.63, 3.8) is 0 Å². The minimum atomic E-state index is -3.44. The number of allylic oxidation sites excluding steroid dienone is 1. The molecule has 0 atom stereocenters. The first-order chi connectivity index (χ1) is 8.86. The maximum absolute atomic E-state index is 11.8. The van der Waals surface area contributed by atoms with Gasteiger partial charge in [-0.25, -0.2) is 8.42 Å². The molecule has 0 unspecified atom stereocenters. The fraction of sp³-hybridized carbons (Fsp3) is 0.308. The van der Waals surface area contributed by atoms with Crippen LogP contribution in [0.3, 0.4) is 0 Å². The molecule has 1 rings (SSSR count). The third kappa shape index (κ3) is 4.69.